The summed E-state index contributed by atoms with van der Waals surface area (Å²) < 4.78 is 29.2. The molecule has 7 N–H and O–H groups in total. The van der Waals surface area contributed by atoms with Gasteiger partial charge in [-0.15, -0.1) is 11.3 Å². The highest BCUT2D eigenvalue weighted by atomic mass is 32.1. The average Bonchev–Trinajstić information content (AvgIpc) is 3.41. The number of nitrogens with zero attached hydrogens (tertiary/aromatic N) is 4. The molecule has 3 aromatic heterocycles. The molecule has 1 unspecified atom stereocenters. The van der Waals surface area contributed by atoms with Crippen molar-refractivity contribution in [2.24, 2.45) is 5.92 Å². The molecule has 1 saturated carbocycles. The molecule has 4 atom stereocenters. The first-order chi connectivity index (χ1) is 18.4. The largest absolute Gasteiger partial charge is 0.390 e. The molecule has 0 spiro atoms. The zero-order chi connectivity index (χ0) is 28.1. The van der Waals surface area contributed by atoms with Gasteiger partial charge in [0.05, 0.1) is 33.7 Å². The SMILES string of the molecule is Cc1nc(NCc2c(F)cccc2F)nc(NC2C[C@H](C(C)(C)O)[C@@H](O)[C@H]2O)c1-c1nc2c(N)nccc2s1. The summed E-state index contributed by atoms with van der Waals surface area (Å²) in [5, 5.41) is 38.6. The third-order valence-electron chi connectivity index (χ3n) is 7.04. The molecule has 1 fully saturated rings. The van der Waals surface area contributed by atoms with Gasteiger partial charge in [-0.05, 0) is 45.4 Å². The van der Waals surface area contributed by atoms with Gasteiger partial charge in [-0.25, -0.2) is 23.7 Å². The number of thiazole rings is 1. The van der Waals surface area contributed by atoms with Crippen molar-refractivity contribution in [3.8, 4) is 10.6 Å². The summed E-state index contributed by atoms with van der Waals surface area (Å²) in [6, 6.07) is 4.75. The Hall–Kier alpha value is -3.52. The predicted octanol–water partition coefficient (Wildman–Crippen LogP) is 3.22. The smallest absolute Gasteiger partial charge is 0.225 e. The molecule has 0 radical (unpaired) electrons. The van der Waals surface area contributed by atoms with Gasteiger partial charge in [-0.2, -0.15) is 4.98 Å². The van der Waals surface area contributed by atoms with E-state index >= 15 is 0 Å². The van der Waals surface area contributed by atoms with Crippen LogP contribution in [0.4, 0.5) is 26.4 Å². The highest BCUT2D eigenvalue weighted by Gasteiger charge is 2.48. The zero-order valence-corrected chi connectivity index (χ0v) is 22.3. The van der Waals surface area contributed by atoms with Crippen LogP contribution in [0.5, 0.6) is 0 Å². The first kappa shape index (κ1) is 27.1. The van der Waals surface area contributed by atoms with Gasteiger partial charge in [-0.3, -0.25) is 0 Å². The molecule has 5 rings (SSSR count). The van der Waals surface area contributed by atoms with Gasteiger partial charge in [0.2, 0.25) is 5.95 Å². The van der Waals surface area contributed by atoms with E-state index in [-0.39, 0.29) is 36.1 Å². The molecule has 39 heavy (non-hydrogen) atoms. The van der Waals surface area contributed by atoms with Gasteiger partial charge in [0.25, 0.3) is 0 Å². The molecule has 1 aliphatic carbocycles. The van der Waals surface area contributed by atoms with E-state index in [1.54, 1.807) is 33.0 Å². The third kappa shape index (κ3) is 5.22. The summed E-state index contributed by atoms with van der Waals surface area (Å²) in [7, 11) is 0. The van der Waals surface area contributed by atoms with Crippen LogP contribution in [-0.2, 0) is 6.54 Å². The minimum absolute atomic E-state index is 0.0933. The summed E-state index contributed by atoms with van der Waals surface area (Å²) in [5.74, 6) is -1.33. The minimum atomic E-state index is -1.23. The van der Waals surface area contributed by atoms with E-state index in [9.17, 15) is 24.1 Å². The molecular formula is C26H29F2N7O3S. The molecule has 0 saturated heterocycles. The number of nitrogen functional groups attached to an aromatic ring is 1. The van der Waals surface area contributed by atoms with Crippen molar-refractivity contribution in [1.29, 1.82) is 0 Å². The number of nitrogens with one attached hydrogen (secondary N) is 2. The number of rotatable bonds is 7. The second-order valence-corrected chi connectivity index (χ2v) is 11.2. The number of benzene rings is 1. The number of anilines is 3. The molecule has 0 bridgehead atoms. The van der Waals surface area contributed by atoms with Gasteiger partial charge in [-0.1, -0.05) is 6.07 Å². The number of hydrogen-bond donors (Lipinski definition) is 6. The Bertz CT molecular complexity index is 1510. The topological polar surface area (TPSA) is 162 Å². The Kier molecular flexibility index (Phi) is 7.10. The Morgan fingerprint density at radius 1 is 1.10 bits per heavy atom. The van der Waals surface area contributed by atoms with Crippen LogP contribution in [0.2, 0.25) is 0 Å². The van der Waals surface area contributed by atoms with Crippen LogP contribution in [0.3, 0.4) is 0 Å². The molecule has 3 heterocycles. The quantitative estimate of drug-likeness (QED) is 0.199. The van der Waals surface area contributed by atoms with E-state index in [0.717, 1.165) is 4.70 Å². The molecule has 206 valence electrons. The predicted molar refractivity (Wildman–Crippen MR) is 145 cm³/mol. The number of fused-ring (bicyclic) bond motifs is 1. The lowest BCUT2D eigenvalue weighted by molar-refractivity contribution is -0.0601. The Labute approximate surface area is 227 Å². The molecule has 1 aliphatic rings. The third-order valence-corrected chi connectivity index (χ3v) is 8.07. The van der Waals surface area contributed by atoms with Crippen molar-refractivity contribution < 1.29 is 24.1 Å². The Balaban J connectivity index is 1.54. The van der Waals surface area contributed by atoms with Crippen LogP contribution >= 0.6 is 11.3 Å². The van der Waals surface area contributed by atoms with Crippen LogP contribution in [0, 0.1) is 24.5 Å². The molecule has 0 aliphatic heterocycles. The molecular weight excluding hydrogens is 528 g/mol. The van der Waals surface area contributed by atoms with Crippen molar-refractivity contribution in [3.63, 3.8) is 0 Å². The van der Waals surface area contributed by atoms with Crippen LogP contribution < -0.4 is 16.4 Å². The number of aliphatic hydroxyl groups is 3. The maximum absolute atomic E-state index is 14.2. The second kappa shape index (κ2) is 10.2. The lowest BCUT2D eigenvalue weighted by atomic mass is 9.88. The van der Waals surface area contributed by atoms with Crippen LogP contribution in [0.1, 0.15) is 31.5 Å². The van der Waals surface area contributed by atoms with Crippen molar-refractivity contribution >= 4 is 39.1 Å². The summed E-state index contributed by atoms with van der Waals surface area (Å²) in [5.41, 5.74) is 6.20. The number of aryl methyl sites for hydroxylation is 1. The van der Waals surface area contributed by atoms with Gasteiger partial charge in [0.1, 0.15) is 34.1 Å². The lowest BCUT2D eigenvalue weighted by Gasteiger charge is -2.28. The summed E-state index contributed by atoms with van der Waals surface area (Å²) in [4.78, 5) is 17.8. The molecule has 1 aromatic carbocycles. The minimum Gasteiger partial charge on any atom is -0.390 e. The average molecular weight is 558 g/mol. The summed E-state index contributed by atoms with van der Waals surface area (Å²) >= 11 is 1.35. The highest BCUT2D eigenvalue weighted by molar-refractivity contribution is 7.21. The van der Waals surface area contributed by atoms with E-state index in [0.29, 0.717) is 21.8 Å². The number of aromatic nitrogens is 4. The maximum atomic E-state index is 14.2. The first-order valence-corrected chi connectivity index (χ1v) is 13.2. The fourth-order valence-corrected chi connectivity index (χ4v) is 5.98. The van der Waals surface area contributed by atoms with Crippen molar-refractivity contribution in [2.75, 3.05) is 16.4 Å². The van der Waals surface area contributed by atoms with Crippen LogP contribution in [0.25, 0.3) is 20.8 Å². The van der Waals surface area contributed by atoms with Crippen molar-refractivity contribution in [3.05, 3.63) is 53.4 Å². The Morgan fingerprint density at radius 2 is 1.82 bits per heavy atom. The number of aliphatic hydroxyl groups excluding tert-OH is 2. The van der Waals surface area contributed by atoms with Crippen LogP contribution in [0.15, 0.2) is 30.5 Å². The van der Waals surface area contributed by atoms with Crippen molar-refractivity contribution in [1.82, 2.24) is 19.9 Å². The number of nitrogens with two attached hydrogens (primary N) is 1. The molecule has 10 nitrogen and oxygen atoms in total. The van der Waals surface area contributed by atoms with Crippen LogP contribution in [-0.4, -0.2) is 59.1 Å². The zero-order valence-electron chi connectivity index (χ0n) is 21.5. The van der Waals surface area contributed by atoms with Gasteiger partial charge < -0.3 is 31.7 Å². The van der Waals surface area contributed by atoms with Gasteiger partial charge in [0, 0.05) is 24.2 Å². The van der Waals surface area contributed by atoms with E-state index in [2.05, 4.69) is 30.6 Å². The molecule has 13 heteroatoms. The normalized spacial score (nSPS) is 21.4. The van der Waals surface area contributed by atoms with E-state index in [1.807, 2.05) is 0 Å². The Morgan fingerprint density at radius 3 is 2.46 bits per heavy atom. The fraction of sp³-hybridized carbons (Fsp3) is 0.385. The number of pyridine rings is 1. The van der Waals surface area contributed by atoms with Crippen molar-refractivity contribution in [2.45, 2.75) is 57.6 Å². The lowest BCUT2D eigenvalue weighted by Crippen LogP contribution is -2.40. The summed E-state index contributed by atoms with van der Waals surface area (Å²) in [6.45, 7) is 4.70. The summed E-state index contributed by atoms with van der Waals surface area (Å²) in [6.07, 6.45) is -0.509. The second-order valence-electron chi connectivity index (χ2n) is 10.2. The monoisotopic (exact) mass is 557 g/mol. The van der Waals surface area contributed by atoms with E-state index < -0.39 is 41.4 Å². The van der Waals surface area contributed by atoms with Gasteiger partial charge in [0.15, 0.2) is 5.82 Å². The van der Waals surface area contributed by atoms with E-state index in [1.165, 1.54) is 29.5 Å². The highest BCUT2D eigenvalue weighted by Crippen LogP contribution is 2.40. The fourth-order valence-electron chi connectivity index (χ4n) is 4.92. The molecule has 4 aromatic rings. The first-order valence-electron chi connectivity index (χ1n) is 12.4. The van der Waals surface area contributed by atoms with Gasteiger partial charge >= 0.3 is 0 Å². The molecule has 0 amide bonds. The number of hydrogen-bond acceptors (Lipinski definition) is 11. The van der Waals surface area contributed by atoms with E-state index in [4.69, 9.17) is 5.73 Å². The standard InChI is InChI=1S/C26H29F2N7O3S/c1-11-18(24-34-19-17(39-24)7-8-30-22(19)29)23(33-16-9-13(26(2,3)38)20(36)21(16)37)35-25(32-11)31-10-12-14(27)5-4-6-15(12)28/h4-8,13,16,20-21,36-38H,9-10H2,1-3H3,(H2,29,30)(H2,31,32,33,35)/t13-,16?,20+,21-/m0/s1. The maximum Gasteiger partial charge on any atom is 0.225 e. The number of halogens is 2.